The number of pyridine rings is 1. The Morgan fingerprint density at radius 2 is 1.85 bits per heavy atom. The standard InChI is InChI=1S/C22H24N2O3/c1-15-3-9-20-18(13-15)14-17(22(26)24-20)11-12-23-21(25)10-6-16-4-7-19(27-2)8-5-16/h3-5,7-9,13-14H,6,10-12H2,1-2H3,(H,23,25)(H,24,26). The van der Waals surface area contributed by atoms with Gasteiger partial charge in [-0.2, -0.15) is 0 Å². The van der Waals surface area contributed by atoms with Gasteiger partial charge in [-0.25, -0.2) is 0 Å². The molecule has 0 fully saturated rings. The zero-order valence-corrected chi connectivity index (χ0v) is 15.7. The second kappa shape index (κ2) is 8.54. The lowest BCUT2D eigenvalue weighted by Gasteiger charge is -2.07. The van der Waals surface area contributed by atoms with Crippen molar-refractivity contribution in [3.8, 4) is 5.75 Å². The predicted molar refractivity (Wildman–Crippen MR) is 107 cm³/mol. The second-order valence-electron chi connectivity index (χ2n) is 6.66. The smallest absolute Gasteiger partial charge is 0.251 e. The highest BCUT2D eigenvalue weighted by Gasteiger charge is 2.06. The van der Waals surface area contributed by atoms with Crippen LogP contribution in [-0.2, 0) is 17.6 Å². The Bertz CT molecular complexity index is 991. The Morgan fingerprint density at radius 3 is 2.59 bits per heavy atom. The van der Waals surface area contributed by atoms with E-state index < -0.39 is 0 Å². The quantitative estimate of drug-likeness (QED) is 0.677. The van der Waals surface area contributed by atoms with Crippen molar-refractivity contribution in [3.05, 3.63) is 75.6 Å². The number of carbonyl (C=O) groups is 1. The van der Waals surface area contributed by atoms with Crippen LogP contribution in [0.15, 0.2) is 53.3 Å². The Morgan fingerprint density at radius 1 is 1.07 bits per heavy atom. The fraction of sp³-hybridized carbons (Fsp3) is 0.273. The summed E-state index contributed by atoms with van der Waals surface area (Å²) < 4.78 is 5.13. The molecule has 1 heterocycles. The van der Waals surface area contributed by atoms with Gasteiger partial charge in [-0.15, -0.1) is 0 Å². The van der Waals surface area contributed by atoms with Crippen molar-refractivity contribution >= 4 is 16.8 Å². The van der Waals surface area contributed by atoms with Crippen molar-refractivity contribution in [2.45, 2.75) is 26.2 Å². The molecule has 0 unspecified atom stereocenters. The van der Waals surface area contributed by atoms with Crippen LogP contribution in [0.2, 0.25) is 0 Å². The van der Waals surface area contributed by atoms with Crippen molar-refractivity contribution < 1.29 is 9.53 Å². The van der Waals surface area contributed by atoms with Gasteiger partial charge in [0.1, 0.15) is 5.75 Å². The number of fused-ring (bicyclic) bond motifs is 1. The Labute approximate surface area is 158 Å². The van der Waals surface area contributed by atoms with Crippen LogP contribution < -0.4 is 15.6 Å². The largest absolute Gasteiger partial charge is 0.497 e. The van der Waals surface area contributed by atoms with Gasteiger partial charge in [0.15, 0.2) is 0 Å². The van der Waals surface area contributed by atoms with Gasteiger partial charge in [-0.05, 0) is 61.0 Å². The van der Waals surface area contributed by atoms with E-state index in [1.807, 2.05) is 55.5 Å². The van der Waals surface area contributed by atoms with E-state index in [9.17, 15) is 9.59 Å². The Kier molecular flexibility index (Phi) is 5.91. The highest BCUT2D eigenvalue weighted by Crippen LogP contribution is 2.14. The summed E-state index contributed by atoms with van der Waals surface area (Å²) in [4.78, 5) is 27.1. The molecule has 2 N–H and O–H groups in total. The first-order valence-corrected chi connectivity index (χ1v) is 9.07. The molecule has 27 heavy (non-hydrogen) atoms. The third-order valence-electron chi connectivity index (χ3n) is 4.59. The van der Waals surface area contributed by atoms with Gasteiger partial charge in [-0.1, -0.05) is 23.8 Å². The molecule has 2 aromatic carbocycles. The van der Waals surface area contributed by atoms with Gasteiger partial charge in [0.25, 0.3) is 5.56 Å². The fourth-order valence-electron chi connectivity index (χ4n) is 3.03. The summed E-state index contributed by atoms with van der Waals surface area (Å²) in [6.45, 7) is 2.47. The van der Waals surface area contributed by atoms with Crippen LogP contribution in [0.3, 0.4) is 0 Å². The molecule has 0 bridgehead atoms. The molecule has 0 atom stereocenters. The van der Waals surface area contributed by atoms with Crippen LogP contribution in [0.5, 0.6) is 5.75 Å². The molecular formula is C22H24N2O3. The molecule has 5 heteroatoms. The molecule has 3 aromatic rings. The Hall–Kier alpha value is -3.08. The third kappa shape index (κ3) is 4.97. The number of rotatable bonds is 7. The minimum Gasteiger partial charge on any atom is -0.497 e. The monoisotopic (exact) mass is 364 g/mol. The van der Waals surface area contributed by atoms with Crippen LogP contribution in [0.1, 0.15) is 23.1 Å². The maximum atomic E-state index is 12.2. The number of carbonyl (C=O) groups excluding carboxylic acids is 1. The molecule has 0 aliphatic heterocycles. The number of aryl methyl sites for hydroxylation is 2. The van der Waals surface area contributed by atoms with E-state index in [1.54, 1.807) is 7.11 Å². The molecule has 0 saturated heterocycles. The average molecular weight is 364 g/mol. The minimum atomic E-state index is -0.0983. The maximum Gasteiger partial charge on any atom is 0.251 e. The van der Waals surface area contributed by atoms with Gasteiger partial charge in [0.05, 0.1) is 7.11 Å². The van der Waals surface area contributed by atoms with Crippen molar-refractivity contribution in [1.29, 1.82) is 0 Å². The summed E-state index contributed by atoms with van der Waals surface area (Å²) >= 11 is 0. The van der Waals surface area contributed by atoms with Gasteiger partial charge < -0.3 is 15.0 Å². The van der Waals surface area contributed by atoms with Gasteiger partial charge in [0.2, 0.25) is 5.91 Å². The van der Waals surface area contributed by atoms with E-state index in [1.165, 1.54) is 0 Å². The molecule has 0 saturated carbocycles. The lowest BCUT2D eigenvalue weighted by molar-refractivity contribution is -0.121. The Balaban J connectivity index is 1.51. The highest BCUT2D eigenvalue weighted by atomic mass is 16.5. The number of aromatic amines is 1. The van der Waals surface area contributed by atoms with Crippen LogP contribution in [0, 0.1) is 6.92 Å². The first-order valence-electron chi connectivity index (χ1n) is 9.07. The first kappa shape index (κ1) is 18.7. The zero-order valence-electron chi connectivity index (χ0n) is 15.7. The normalized spacial score (nSPS) is 10.7. The number of aromatic nitrogens is 1. The number of hydrogen-bond donors (Lipinski definition) is 2. The average Bonchev–Trinajstić information content (AvgIpc) is 2.67. The van der Waals surface area contributed by atoms with E-state index in [2.05, 4.69) is 10.3 Å². The molecule has 0 aliphatic carbocycles. The first-order chi connectivity index (χ1) is 13.0. The second-order valence-corrected chi connectivity index (χ2v) is 6.66. The summed E-state index contributed by atoms with van der Waals surface area (Å²) in [5, 5.41) is 3.90. The van der Waals surface area contributed by atoms with Gasteiger partial charge in [-0.3, -0.25) is 9.59 Å². The number of nitrogens with one attached hydrogen (secondary N) is 2. The van der Waals surface area contributed by atoms with Gasteiger partial charge in [0, 0.05) is 24.0 Å². The third-order valence-corrected chi connectivity index (χ3v) is 4.59. The van der Waals surface area contributed by atoms with Crippen LogP contribution >= 0.6 is 0 Å². The van der Waals surface area contributed by atoms with Crippen molar-refractivity contribution in [2.75, 3.05) is 13.7 Å². The maximum absolute atomic E-state index is 12.2. The number of hydrogen-bond acceptors (Lipinski definition) is 3. The molecule has 1 aromatic heterocycles. The van der Waals surface area contributed by atoms with E-state index in [0.717, 1.165) is 27.8 Å². The van der Waals surface area contributed by atoms with E-state index in [-0.39, 0.29) is 11.5 Å². The molecule has 0 radical (unpaired) electrons. The molecule has 0 spiro atoms. The number of H-pyrrole nitrogens is 1. The van der Waals surface area contributed by atoms with Crippen LogP contribution in [-0.4, -0.2) is 24.5 Å². The van der Waals surface area contributed by atoms with Crippen LogP contribution in [0.4, 0.5) is 0 Å². The summed E-state index contributed by atoms with van der Waals surface area (Å²) in [6.07, 6.45) is 1.60. The lowest BCUT2D eigenvalue weighted by atomic mass is 10.1. The fourth-order valence-corrected chi connectivity index (χ4v) is 3.03. The van der Waals surface area contributed by atoms with Gasteiger partial charge >= 0.3 is 0 Å². The molecular weight excluding hydrogens is 340 g/mol. The van der Waals surface area contributed by atoms with Crippen LogP contribution in [0.25, 0.3) is 10.9 Å². The van der Waals surface area contributed by atoms with Crippen molar-refractivity contribution in [1.82, 2.24) is 10.3 Å². The molecule has 5 nitrogen and oxygen atoms in total. The number of amides is 1. The highest BCUT2D eigenvalue weighted by molar-refractivity contribution is 5.79. The number of benzene rings is 2. The lowest BCUT2D eigenvalue weighted by Crippen LogP contribution is -2.27. The summed E-state index contributed by atoms with van der Waals surface area (Å²) in [6, 6.07) is 15.5. The molecule has 140 valence electrons. The molecule has 1 amide bonds. The molecule has 0 aliphatic rings. The van der Waals surface area contributed by atoms with E-state index >= 15 is 0 Å². The number of ether oxygens (including phenoxy) is 1. The zero-order chi connectivity index (χ0) is 19.2. The summed E-state index contributed by atoms with van der Waals surface area (Å²) in [5.41, 5.74) is 3.65. The van der Waals surface area contributed by atoms with E-state index in [0.29, 0.717) is 31.4 Å². The summed E-state index contributed by atoms with van der Waals surface area (Å²) in [7, 11) is 1.63. The van der Waals surface area contributed by atoms with Crippen molar-refractivity contribution in [2.24, 2.45) is 0 Å². The summed E-state index contributed by atoms with van der Waals surface area (Å²) in [5.74, 6) is 0.790. The molecule has 3 rings (SSSR count). The predicted octanol–water partition coefficient (Wildman–Crippen LogP) is 3.14. The topological polar surface area (TPSA) is 71.2 Å². The minimum absolute atomic E-state index is 0.0149. The van der Waals surface area contributed by atoms with E-state index in [4.69, 9.17) is 4.74 Å². The SMILES string of the molecule is COc1ccc(CCC(=O)NCCc2cc3cc(C)ccc3[nH]c2=O)cc1. The number of methoxy groups -OCH3 is 1. The van der Waals surface area contributed by atoms with Crippen molar-refractivity contribution in [3.63, 3.8) is 0 Å².